The number of likely N-dealkylation sites (N-methyl/N-ethyl adjacent to an activating group) is 1. The predicted molar refractivity (Wildman–Crippen MR) is 80.7 cm³/mol. The first kappa shape index (κ1) is 16.6. The van der Waals surface area contributed by atoms with Crippen LogP contribution < -0.4 is 9.88 Å². The number of primary sulfonamides is 1. The lowest BCUT2D eigenvalue weighted by Gasteiger charge is -2.34. The van der Waals surface area contributed by atoms with Gasteiger partial charge in [-0.2, -0.15) is 0 Å². The van der Waals surface area contributed by atoms with E-state index in [1.54, 1.807) is 0 Å². The van der Waals surface area contributed by atoms with Crippen molar-refractivity contribution in [3.63, 3.8) is 0 Å². The Bertz CT molecular complexity index is 596. The zero-order valence-electron chi connectivity index (χ0n) is 11.7. The number of hydrogen-bond donors (Lipinski definition) is 1. The molecule has 0 saturated carbocycles. The first-order chi connectivity index (χ1) is 9.91. The Balaban J connectivity index is 2.03. The van der Waals surface area contributed by atoms with Crippen LogP contribution in [0, 0.1) is 0 Å². The Morgan fingerprint density at radius 1 is 1.62 bits per heavy atom. The van der Waals surface area contributed by atoms with Crippen molar-refractivity contribution in [1.29, 1.82) is 0 Å². The molecule has 1 atom stereocenters. The second-order valence-electron chi connectivity index (χ2n) is 4.67. The molecule has 2 rings (SSSR count). The summed E-state index contributed by atoms with van der Waals surface area (Å²) in [6.07, 6.45) is 1.18. The van der Waals surface area contributed by atoms with Gasteiger partial charge in [0.15, 0.2) is 0 Å². The standard InChI is InChI=1S/C12H18BrN3O4S/c1-2-16-3-4-19-7-9(16)8-20-12-11(13)5-10(6-15-12)21(14,17)18/h5-6,9H,2-4,7-8H2,1H3,(H2,14,17,18). The molecule has 9 heteroatoms. The van der Waals surface area contributed by atoms with Gasteiger partial charge in [0.25, 0.3) is 0 Å². The number of nitrogens with zero attached hydrogens (tertiary/aromatic N) is 2. The fourth-order valence-corrected chi connectivity index (χ4v) is 3.20. The minimum absolute atomic E-state index is 0.0575. The van der Waals surface area contributed by atoms with Crippen molar-refractivity contribution in [3.05, 3.63) is 16.7 Å². The van der Waals surface area contributed by atoms with Crippen molar-refractivity contribution in [1.82, 2.24) is 9.88 Å². The lowest BCUT2D eigenvalue weighted by molar-refractivity contribution is -0.0215. The number of rotatable bonds is 5. The molecule has 7 nitrogen and oxygen atoms in total. The molecular weight excluding hydrogens is 362 g/mol. The second kappa shape index (κ2) is 7.01. The van der Waals surface area contributed by atoms with Gasteiger partial charge in [0.1, 0.15) is 11.5 Å². The minimum atomic E-state index is -3.77. The van der Waals surface area contributed by atoms with E-state index in [-0.39, 0.29) is 10.9 Å². The Morgan fingerprint density at radius 3 is 3.00 bits per heavy atom. The molecule has 1 fully saturated rings. The number of nitrogens with two attached hydrogens (primary N) is 1. The molecule has 0 amide bonds. The maximum Gasteiger partial charge on any atom is 0.239 e. The van der Waals surface area contributed by atoms with Crippen molar-refractivity contribution in [2.75, 3.05) is 32.9 Å². The van der Waals surface area contributed by atoms with Crippen LogP contribution in [-0.4, -0.2) is 57.3 Å². The summed E-state index contributed by atoms with van der Waals surface area (Å²) < 4.78 is 34.0. The second-order valence-corrected chi connectivity index (χ2v) is 7.09. The molecule has 0 aromatic carbocycles. The summed E-state index contributed by atoms with van der Waals surface area (Å²) in [5.41, 5.74) is 0. The summed E-state index contributed by atoms with van der Waals surface area (Å²) in [5.74, 6) is 0.337. The average molecular weight is 380 g/mol. The maximum absolute atomic E-state index is 11.2. The summed E-state index contributed by atoms with van der Waals surface area (Å²) in [4.78, 5) is 6.21. The third-order valence-electron chi connectivity index (χ3n) is 3.28. The van der Waals surface area contributed by atoms with E-state index < -0.39 is 10.0 Å². The van der Waals surface area contributed by atoms with E-state index in [0.29, 0.717) is 23.6 Å². The van der Waals surface area contributed by atoms with Gasteiger partial charge in [-0.15, -0.1) is 0 Å². The van der Waals surface area contributed by atoms with E-state index in [4.69, 9.17) is 14.6 Å². The molecule has 1 unspecified atom stereocenters. The van der Waals surface area contributed by atoms with Crippen LogP contribution in [-0.2, 0) is 14.8 Å². The highest BCUT2D eigenvalue weighted by Gasteiger charge is 2.23. The van der Waals surface area contributed by atoms with E-state index >= 15 is 0 Å². The summed E-state index contributed by atoms with van der Waals surface area (Å²) in [6.45, 7) is 5.66. The number of pyridine rings is 1. The highest BCUT2D eigenvalue weighted by molar-refractivity contribution is 9.10. The normalized spacial score (nSPS) is 20.4. The molecule has 2 heterocycles. The van der Waals surface area contributed by atoms with E-state index in [1.807, 2.05) is 0 Å². The van der Waals surface area contributed by atoms with E-state index in [1.165, 1.54) is 12.3 Å². The average Bonchev–Trinajstić information content (AvgIpc) is 2.45. The highest BCUT2D eigenvalue weighted by atomic mass is 79.9. The lowest BCUT2D eigenvalue weighted by Crippen LogP contribution is -2.48. The molecule has 0 radical (unpaired) electrons. The van der Waals surface area contributed by atoms with Gasteiger partial charge in [0.2, 0.25) is 15.9 Å². The molecule has 1 aliphatic heterocycles. The number of halogens is 1. The van der Waals surface area contributed by atoms with Gasteiger partial charge in [-0.25, -0.2) is 18.5 Å². The third-order valence-corrected chi connectivity index (χ3v) is 4.73. The van der Waals surface area contributed by atoms with Crippen molar-refractivity contribution in [2.45, 2.75) is 17.9 Å². The molecule has 118 valence electrons. The Kier molecular flexibility index (Phi) is 5.55. The molecule has 2 N–H and O–H groups in total. The quantitative estimate of drug-likeness (QED) is 0.804. The minimum Gasteiger partial charge on any atom is -0.475 e. The van der Waals surface area contributed by atoms with Gasteiger partial charge in [0, 0.05) is 6.54 Å². The largest absolute Gasteiger partial charge is 0.475 e. The SMILES string of the molecule is CCN1CCOCC1COc1ncc(S(N)(=O)=O)cc1Br. The molecule has 0 bridgehead atoms. The molecule has 21 heavy (non-hydrogen) atoms. The molecule has 1 saturated heterocycles. The van der Waals surface area contributed by atoms with Gasteiger partial charge < -0.3 is 9.47 Å². The van der Waals surface area contributed by atoms with Gasteiger partial charge in [0.05, 0.1) is 29.9 Å². The fraction of sp³-hybridized carbons (Fsp3) is 0.583. The first-order valence-electron chi connectivity index (χ1n) is 6.54. The van der Waals surface area contributed by atoms with Gasteiger partial charge in [-0.05, 0) is 28.5 Å². The third kappa shape index (κ3) is 4.36. The summed E-state index contributed by atoms with van der Waals surface area (Å²) in [6, 6.07) is 1.54. The first-order valence-corrected chi connectivity index (χ1v) is 8.88. The number of hydrogen-bond acceptors (Lipinski definition) is 6. The van der Waals surface area contributed by atoms with Crippen LogP contribution in [0.1, 0.15) is 6.92 Å². The van der Waals surface area contributed by atoms with Crippen LogP contribution in [0.2, 0.25) is 0 Å². The molecule has 0 aliphatic carbocycles. The highest BCUT2D eigenvalue weighted by Crippen LogP contribution is 2.25. The summed E-state index contributed by atoms with van der Waals surface area (Å²) in [7, 11) is -3.77. The van der Waals surface area contributed by atoms with Crippen molar-refractivity contribution in [3.8, 4) is 5.88 Å². The topological polar surface area (TPSA) is 94.8 Å². The Morgan fingerprint density at radius 2 is 2.38 bits per heavy atom. The molecule has 1 aromatic rings. The molecular formula is C12H18BrN3O4S. The molecule has 0 spiro atoms. The van der Waals surface area contributed by atoms with Crippen molar-refractivity contribution in [2.24, 2.45) is 5.14 Å². The van der Waals surface area contributed by atoms with E-state index in [2.05, 4.69) is 32.7 Å². The number of ether oxygens (including phenoxy) is 2. The van der Waals surface area contributed by atoms with Crippen LogP contribution in [0.5, 0.6) is 5.88 Å². The predicted octanol–water partition coefficient (Wildman–Crippen LogP) is 0.591. The Hall–Kier alpha value is -0.740. The lowest BCUT2D eigenvalue weighted by atomic mass is 10.2. The van der Waals surface area contributed by atoms with Crippen LogP contribution in [0.15, 0.2) is 21.6 Å². The number of aromatic nitrogens is 1. The summed E-state index contributed by atoms with van der Waals surface area (Å²) >= 11 is 3.24. The summed E-state index contributed by atoms with van der Waals surface area (Å²) in [5, 5.41) is 5.05. The van der Waals surface area contributed by atoms with E-state index in [0.717, 1.165) is 19.7 Å². The zero-order valence-corrected chi connectivity index (χ0v) is 14.1. The van der Waals surface area contributed by atoms with Crippen molar-refractivity contribution < 1.29 is 17.9 Å². The van der Waals surface area contributed by atoms with Crippen LogP contribution >= 0.6 is 15.9 Å². The van der Waals surface area contributed by atoms with E-state index in [9.17, 15) is 8.42 Å². The van der Waals surface area contributed by atoms with Crippen LogP contribution in [0.3, 0.4) is 0 Å². The number of morpholine rings is 1. The fourth-order valence-electron chi connectivity index (χ4n) is 2.10. The Labute approximate surface area is 132 Å². The van der Waals surface area contributed by atoms with Gasteiger partial charge in [-0.3, -0.25) is 4.90 Å². The maximum atomic E-state index is 11.2. The van der Waals surface area contributed by atoms with Gasteiger partial charge >= 0.3 is 0 Å². The molecule has 1 aromatic heterocycles. The number of sulfonamides is 1. The smallest absolute Gasteiger partial charge is 0.239 e. The van der Waals surface area contributed by atoms with Crippen LogP contribution in [0.4, 0.5) is 0 Å². The molecule has 1 aliphatic rings. The van der Waals surface area contributed by atoms with Crippen molar-refractivity contribution >= 4 is 26.0 Å². The zero-order chi connectivity index (χ0) is 15.5. The van der Waals surface area contributed by atoms with Gasteiger partial charge in [-0.1, -0.05) is 6.92 Å². The monoisotopic (exact) mass is 379 g/mol. The van der Waals surface area contributed by atoms with Crippen LogP contribution in [0.25, 0.3) is 0 Å².